The summed E-state index contributed by atoms with van der Waals surface area (Å²) in [5.74, 6) is -1.54. The molecule has 2 heterocycles. The van der Waals surface area contributed by atoms with Gasteiger partial charge in [-0.3, -0.25) is 4.98 Å². The summed E-state index contributed by atoms with van der Waals surface area (Å²) in [7, 11) is 0. The van der Waals surface area contributed by atoms with Crippen LogP contribution in [-0.4, -0.2) is 24.9 Å². The van der Waals surface area contributed by atoms with E-state index in [1.54, 1.807) is 13.8 Å². The van der Waals surface area contributed by atoms with Gasteiger partial charge in [0.2, 0.25) is 0 Å². The Labute approximate surface area is 166 Å². The monoisotopic (exact) mass is 394 g/mol. The summed E-state index contributed by atoms with van der Waals surface area (Å²) in [5, 5.41) is 16.9. The van der Waals surface area contributed by atoms with Crippen molar-refractivity contribution in [3.8, 4) is 0 Å². The highest BCUT2D eigenvalue weighted by molar-refractivity contribution is 5.78. The Balaban J connectivity index is 1.90. The zero-order valence-electron chi connectivity index (χ0n) is 16.0. The lowest BCUT2D eigenvalue weighted by molar-refractivity contribution is -0.0542. The minimum Gasteiger partial charge on any atom is -0.382 e. The Morgan fingerprint density at radius 3 is 2.55 bits per heavy atom. The number of nitrogens with zero attached hydrogens (tertiary/aromatic N) is 4. The second kappa shape index (κ2) is 7.00. The van der Waals surface area contributed by atoms with Gasteiger partial charge in [-0.25, -0.2) is 18.4 Å². The lowest BCUT2D eigenvalue weighted by atomic mass is 9.68. The average molecular weight is 394 g/mol. The van der Waals surface area contributed by atoms with Crippen molar-refractivity contribution in [2.75, 3.05) is 0 Å². The van der Waals surface area contributed by atoms with Gasteiger partial charge in [0, 0.05) is 22.4 Å². The van der Waals surface area contributed by atoms with Crippen molar-refractivity contribution in [1.82, 2.24) is 19.7 Å². The van der Waals surface area contributed by atoms with Crippen LogP contribution in [0.15, 0.2) is 67.3 Å². The van der Waals surface area contributed by atoms with Crippen LogP contribution in [0.25, 0.3) is 10.9 Å². The van der Waals surface area contributed by atoms with Gasteiger partial charge in [-0.05, 0) is 18.2 Å². The van der Waals surface area contributed by atoms with Gasteiger partial charge in [0.25, 0.3) is 0 Å². The van der Waals surface area contributed by atoms with E-state index in [1.165, 1.54) is 23.4 Å². The lowest BCUT2D eigenvalue weighted by Gasteiger charge is -2.42. The SMILES string of the molecule is CC(C)(c1ccc2ccccc2n1)C(O)(Cn1cncn1)c1ccc(F)cc1F. The van der Waals surface area contributed by atoms with Crippen LogP contribution in [-0.2, 0) is 17.6 Å². The number of hydrogen-bond acceptors (Lipinski definition) is 4. The summed E-state index contributed by atoms with van der Waals surface area (Å²) >= 11 is 0. The number of rotatable bonds is 5. The zero-order chi connectivity index (χ0) is 20.6. The molecule has 7 heteroatoms. The van der Waals surface area contributed by atoms with Crippen molar-refractivity contribution in [1.29, 1.82) is 0 Å². The highest BCUT2D eigenvalue weighted by Gasteiger charge is 2.49. The van der Waals surface area contributed by atoms with E-state index in [1.807, 2.05) is 36.4 Å². The van der Waals surface area contributed by atoms with Gasteiger partial charge in [-0.1, -0.05) is 44.2 Å². The Bertz CT molecular complexity index is 1160. The smallest absolute Gasteiger partial charge is 0.137 e. The fourth-order valence-corrected chi connectivity index (χ4v) is 3.62. The predicted molar refractivity (Wildman–Crippen MR) is 105 cm³/mol. The Morgan fingerprint density at radius 2 is 1.83 bits per heavy atom. The molecule has 4 rings (SSSR count). The summed E-state index contributed by atoms with van der Waals surface area (Å²) in [6, 6.07) is 14.5. The van der Waals surface area contributed by atoms with Crippen LogP contribution in [0.5, 0.6) is 0 Å². The molecule has 2 aromatic heterocycles. The van der Waals surface area contributed by atoms with Crippen LogP contribution >= 0.6 is 0 Å². The molecule has 0 fully saturated rings. The van der Waals surface area contributed by atoms with E-state index >= 15 is 0 Å². The highest BCUT2D eigenvalue weighted by atomic mass is 19.1. The van der Waals surface area contributed by atoms with Crippen molar-refractivity contribution in [2.45, 2.75) is 31.4 Å². The summed E-state index contributed by atoms with van der Waals surface area (Å²) in [5.41, 5.74) is -1.53. The van der Waals surface area contributed by atoms with Crippen LogP contribution in [0.1, 0.15) is 25.1 Å². The zero-order valence-corrected chi connectivity index (χ0v) is 16.0. The molecule has 0 saturated heterocycles. The van der Waals surface area contributed by atoms with Crippen molar-refractivity contribution in [3.05, 3.63) is 90.1 Å². The second-order valence-corrected chi connectivity index (χ2v) is 7.59. The first-order valence-corrected chi connectivity index (χ1v) is 9.18. The molecule has 29 heavy (non-hydrogen) atoms. The van der Waals surface area contributed by atoms with E-state index in [-0.39, 0.29) is 12.1 Å². The first-order chi connectivity index (χ1) is 13.8. The number of aliphatic hydroxyl groups is 1. The van der Waals surface area contributed by atoms with E-state index in [2.05, 4.69) is 10.1 Å². The maximum atomic E-state index is 14.8. The molecular formula is C22H20F2N4O. The first kappa shape index (κ1) is 19.1. The summed E-state index contributed by atoms with van der Waals surface area (Å²) in [6.45, 7) is 3.48. The van der Waals surface area contributed by atoms with E-state index in [9.17, 15) is 13.9 Å². The van der Waals surface area contributed by atoms with Crippen molar-refractivity contribution in [2.24, 2.45) is 0 Å². The summed E-state index contributed by atoms with van der Waals surface area (Å²) in [4.78, 5) is 8.62. The molecule has 1 unspecified atom stereocenters. The molecule has 0 spiro atoms. The maximum absolute atomic E-state index is 14.8. The molecule has 0 bridgehead atoms. The third kappa shape index (κ3) is 3.27. The molecule has 0 amide bonds. The minimum absolute atomic E-state index is 0.0330. The average Bonchev–Trinajstić information content (AvgIpc) is 3.20. The quantitative estimate of drug-likeness (QED) is 0.556. The molecule has 0 radical (unpaired) electrons. The van der Waals surface area contributed by atoms with Gasteiger partial charge in [0.05, 0.1) is 17.8 Å². The van der Waals surface area contributed by atoms with Gasteiger partial charge in [-0.15, -0.1) is 0 Å². The number of pyridine rings is 1. The molecule has 0 aliphatic rings. The normalized spacial score (nSPS) is 14.1. The third-order valence-electron chi connectivity index (χ3n) is 5.51. The fourth-order valence-electron chi connectivity index (χ4n) is 3.62. The maximum Gasteiger partial charge on any atom is 0.137 e. The largest absolute Gasteiger partial charge is 0.382 e. The van der Waals surface area contributed by atoms with E-state index in [4.69, 9.17) is 4.98 Å². The summed E-state index contributed by atoms with van der Waals surface area (Å²) in [6.07, 6.45) is 2.78. The number of hydrogen-bond donors (Lipinski definition) is 1. The predicted octanol–water partition coefficient (Wildman–Crippen LogP) is 3.97. The number of aromatic nitrogens is 4. The van der Waals surface area contributed by atoms with Crippen molar-refractivity contribution >= 4 is 10.9 Å². The molecule has 0 aliphatic carbocycles. The standard InChI is InChI=1S/C22H20F2N4O/c1-21(2,20-10-7-15-5-3-4-6-19(15)27-20)22(29,12-28-14-25-13-26-28)17-9-8-16(23)11-18(17)24/h3-11,13-14,29H,12H2,1-2H3. The molecule has 4 aromatic rings. The molecule has 1 N–H and O–H groups in total. The van der Waals surface area contributed by atoms with E-state index in [0.29, 0.717) is 5.69 Å². The number of para-hydroxylation sites is 1. The van der Waals surface area contributed by atoms with Gasteiger partial charge < -0.3 is 5.11 Å². The molecule has 0 saturated carbocycles. The van der Waals surface area contributed by atoms with Crippen LogP contribution in [0.3, 0.4) is 0 Å². The van der Waals surface area contributed by atoms with Crippen LogP contribution in [0.4, 0.5) is 8.78 Å². The Hall–Kier alpha value is -3.19. The van der Waals surface area contributed by atoms with Crippen molar-refractivity contribution < 1.29 is 13.9 Å². The minimum atomic E-state index is -1.78. The Kier molecular flexibility index (Phi) is 4.62. The first-order valence-electron chi connectivity index (χ1n) is 9.18. The molecule has 0 aliphatic heterocycles. The highest BCUT2D eigenvalue weighted by Crippen LogP contribution is 2.44. The van der Waals surface area contributed by atoms with Crippen LogP contribution < -0.4 is 0 Å². The number of halogens is 2. The van der Waals surface area contributed by atoms with Gasteiger partial charge in [0.1, 0.15) is 29.9 Å². The van der Waals surface area contributed by atoms with Gasteiger partial charge in [-0.2, -0.15) is 5.10 Å². The van der Waals surface area contributed by atoms with E-state index < -0.39 is 22.7 Å². The van der Waals surface area contributed by atoms with Crippen molar-refractivity contribution in [3.63, 3.8) is 0 Å². The Morgan fingerprint density at radius 1 is 1.03 bits per heavy atom. The van der Waals surface area contributed by atoms with Crippen LogP contribution in [0.2, 0.25) is 0 Å². The van der Waals surface area contributed by atoms with E-state index in [0.717, 1.165) is 23.0 Å². The molecule has 5 nitrogen and oxygen atoms in total. The van der Waals surface area contributed by atoms with Gasteiger partial charge >= 0.3 is 0 Å². The number of benzene rings is 2. The molecule has 1 atom stereocenters. The fraction of sp³-hybridized carbons (Fsp3) is 0.227. The molecular weight excluding hydrogens is 374 g/mol. The van der Waals surface area contributed by atoms with Crippen LogP contribution in [0, 0.1) is 11.6 Å². The summed E-state index contributed by atoms with van der Waals surface area (Å²) < 4.78 is 29.8. The topological polar surface area (TPSA) is 63.8 Å². The third-order valence-corrected chi connectivity index (χ3v) is 5.51. The number of fused-ring (bicyclic) bond motifs is 1. The lowest BCUT2D eigenvalue weighted by Crippen LogP contribution is -2.49. The van der Waals surface area contributed by atoms with Gasteiger partial charge in [0.15, 0.2) is 0 Å². The second-order valence-electron chi connectivity index (χ2n) is 7.59. The molecule has 2 aromatic carbocycles. The molecule has 148 valence electrons.